The number of ether oxygens (including phenoxy) is 2. The number of hydrogen-bond acceptors (Lipinski definition) is 6. The molecule has 0 aliphatic heterocycles. The third-order valence-electron chi connectivity index (χ3n) is 4.50. The Hall–Kier alpha value is -4.07. The summed E-state index contributed by atoms with van der Waals surface area (Å²) in [6.45, 7) is 1.51. The smallest absolute Gasteiger partial charge is 0.329 e. The molecule has 32 heavy (non-hydrogen) atoms. The van der Waals surface area contributed by atoms with E-state index in [1.807, 2.05) is 54.6 Å². The minimum absolute atomic E-state index is 0.216. The summed E-state index contributed by atoms with van der Waals surface area (Å²) in [5.74, 6) is 1.56. The summed E-state index contributed by atoms with van der Waals surface area (Å²) in [5.41, 5.74) is 5.35. The number of benzene rings is 2. The van der Waals surface area contributed by atoms with E-state index in [4.69, 9.17) is 14.3 Å². The lowest BCUT2D eigenvalue weighted by atomic mass is 10.1. The maximum absolute atomic E-state index is 11.3. The van der Waals surface area contributed by atoms with Crippen LogP contribution in [0.25, 0.3) is 0 Å². The van der Waals surface area contributed by atoms with Crippen LogP contribution < -0.4 is 20.3 Å². The molecule has 8 nitrogen and oxygen atoms in total. The van der Waals surface area contributed by atoms with Gasteiger partial charge in [0.15, 0.2) is 0 Å². The SMILES string of the molecule is COc1cccc(OC)c1CN=C(NOC(C)=O)Nc1cccc(Cc2ccccc2)n1. The molecule has 2 aromatic carbocycles. The van der Waals surface area contributed by atoms with Crippen molar-refractivity contribution in [1.29, 1.82) is 0 Å². The van der Waals surface area contributed by atoms with Crippen molar-refractivity contribution < 1.29 is 19.1 Å². The molecule has 0 radical (unpaired) electrons. The number of anilines is 1. The number of aromatic nitrogens is 1. The highest BCUT2D eigenvalue weighted by atomic mass is 16.7. The fraction of sp³-hybridized carbons (Fsp3) is 0.208. The van der Waals surface area contributed by atoms with Crippen molar-refractivity contribution in [3.63, 3.8) is 0 Å². The van der Waals surface area contributed by atoms with Crippen LogP contribution in [0.15, 0.2) is 71.7 Å². The number of hydroxylamine groups is 1. The van der Waals surface area contributed by atoms with E-state index in [2.05, 4.69) is 32.9 Å². The molecule has 0 unspecified atom stereocenters. The number of nitrogens with one attached hydrogen (secondary N) is 2. The number of carbonyl (C=O) groups is 1. The summed E-state index contributed by atoms with van der Waals surface area (Å²) >= 11 is 0. The van der Waals surface area contributed by atoms with Gasteiger partial charge in [0.25, 0.3) is 0 Å². The quantitative estimate of drug-likeness (QED) is 0.332. The molecule has 0 spiro atoms. The lowest BCUT2D eigenvalue weighted by molar-refractivity contribution is -0.145. The molecule has 1 heterocycles. The van der Waals surface area contributed by atoms with Crippen molar-refractivity contribution in [1.82, 2.24) is 10.5 Å². The maximum atomic E-state index is 11.3. The van der Waals surface area contributed by atoms with Gasteiger partial charge in [-0.05, 0) is 29.8 Å². The fourth-order valence-corrected chi connectivity index (χ4v) is 3.03. The highest BCUT2D eigenvalue weighted by Gasteiger charge is 2.11. The van der Waals surface area contributed by atoms with Crippen molar-refractivity contribution in [3.05, 3.63) is 83.6 Å². The molecule has 0 aliphatic rings. The van der Waals surface area contributed by atoms with E-state index in [1.165, 1.54) is 6.92 Å². The van der Waals surface area contributed by atoms with Crippen LogP contribution in [0.4, 0.5) is 5.82 Å². The van der Waals surface area contributed by atoms with Crippen LogP contribution >= 0.6 is 0 Å². The van der Waals surface area contributed by atoms with Gasteiger partial charge in [0.1, 0.15) is 17.3 Å². The number of guanidine groups is 1. The summed E-state index contributed by atoms with van der Waals surface area (Å²) in [6.07, 6.45) is 0.693. The second-order valence-electron chi connectivity index (χ2n) is 6.80. The monoisotopic (exact) mass is 434 g/mol. The Bertz CT molecular complexity index is 1050. The first-order valence-corrected chi connectivity index (χ1v) is 10.0. The van der Waals surface area contributed by atoms with E-state index >= 15 is 0 Å². The average molecular weight is 434 g/mol. The first kappa shape index (κ1) is 22.6. The number of rotatable bonds is 7. The third kappa shape index (κ3) is 6.46. The van der Waals surface area contributed by atoms with E-state index in [1.54, 1.807) is 14.2 Å². The van der Waals surface area contributed by atoms with Gasteiger partial charge in [-0.1, -0.05) is 42.5 Å². The Morgan fingerprint density at radius 2 is 1.62 bits per heavy atom. The van der Waals surface area contributed by atoms with Gasteiger partial charge in [-0.15, -0.1) is 0 Å². The molecule has 2 N–H and O–H groups in total. The van der Waals surface area contributed by atoms with Crippen LogP contribution in [0.2, 0.25) is 0 Å². The molecule has 1 aromatic heterocycles. The van der Waals surface area contributed by atoms with Crippen molar-refractivity contribution in [3.8, 4) is 11.5 Å². The molecule has 166 valence electrons. The first-order chi connectivity index (χ1) is 15.6. The van der Waals surface area contributed by atoms with Gasteiger partial charge in [-0.25, -0.2) is 9.98 Å². The number of hydrogen-bond donors (Lipinski definition) is 2. The summed E-state index contributed by atoms with van der Waals surface area (Å²) in [5, 5.41) is 3.07. The Morgan fingerprint density at radius 3 is 2.28 bits per heavy atom. The maximum Gasteiger partial charge on any atom is 0.329 e. The predicted molar refractivity (Wildman–Crippen MR) is 123 cm³/mol. The van der Waals surface area contributed by atoms with Crippen LogP contribution in [0.5, 0.6) is 11.5 Å². The lowest BCUT2D eigenvalue weighted by Gasteiger charge is -2.14. The van der Waals surface area contributed by atoms with Gasteiger partial charge in [-0.3, -0.25) is 4.79 Å². The normalized spacial score (nSPS) is 10.9. The van der Waals surface area contributed by atoms with Crippen molar-refractivity contribution >= 4 is 17.7 Å². The Morgan fingerprint density at radius 1 is 0.938 bits per heavy atom. The van der Waals surface area contributed by atoms with Crippen LogP contribution in [0.1, 0.15) is 23.7 Å². The van der Waals surface area contributed by atoms with Crippen LogP contribution in [-0.2, 0) is 22.6 Å². The fourth-order valence-electron chi connectivity index (χ4n) is 3.03. The zero-order chi connectivity index (χ0) is 22.8. The molecular formula is C24H26N4O4. The molecule has 0 saturated heterocycles. The van der Waals surface area contributed by atoms with Gasteiger partial charge in [0.2, 0.25) is 5.96 Å². The van der Waals surface area contributed by atoms with Gasteiger partial charge in [0.05, 0.1) is 26.3 Å². The molecule has 0 amide bonds. The van der Waals surface area contributed by atoms with Crippen molar-refractivity contribution in [2.45, 2.75) is 19.9 Å². The molecular weight excluding hydrogens is 408 g/mol. The molecule has 8 heteroatoms. The standard InChI is InChI=1S/C24H26N4O4/c1-17(29)32-28-24(25-16-20-21(30-2)12-8-13-22(20)31-3)27-23-14-7-11-19(26-23)15-18-9-5-4-6-10-18/h4-14H,15-16H2,1-3H3,(H2,25,26,27,28). The number of carbonyl (C=O) groups excluding carboxylic acids is 1. The molecule has 0 bridgehead atoms. The number of pyridine rings is 1. The lowest BCUT2D eigenvalue weighted by Crippen LogP contribution is -2.33. The number of methoxy groups -OCH3 is 2. The molecule has 0 aliphatic carbocycles. The number of aliphatic imine (C=N–C) groups is 1. The largest absolute Gasteiger partial charge is 0.496 e. The molecule has 3 aromatic rings. The van der Waals surface area contributed by atoms with Gasteiger partial charge < -0.3 is 19.6 Å². The first-order valence-electron chi connectivity index (χ1n) is 10.0. The van der Waals surface area contributed by atoms with Crippen molar-refractivity contribution in [2.24, 2.45) is 4.99 Å². The summed E-state index contributed by atoms with van der Waals surface area (Å²) < 4.78 is 10.8. The highest BCUT2D eigenvalue weighted by molar-refractivity contribution is 5.92. The van der Waals surface area contributed by atoms with E-state index in [0.29, 0.717) is 23.7 Å². The van der Waals surface area contributed by atoms with Crippen LogP contribution in [0, 0.1) is 0 Å². The molecule has 0 atom stereocenters. The van der Waals surface area contributed by atoms with E-state index < -0.39 is 5.97 Å². The van der Waals surface area contributed by atoms with E-state index in [-0.39, 0.29) is 12.5 Å². The van der Waals surface area contributed by atoms with Gasteiger partial charge >= 0.3 is 5.97 Å². The second-order valence-corrected chi connectivity index (χ2v) is 6.80. The van der Waals surface area contributed by atoms with Crippen LogP contribution in [0.3, 0.4) is 0 Å². The summed E-state index contributed by atoms with van der Waals surface area (Å²) in [6, 6.07) is 21.2. The number of nitrogens with zero attached hydrogens (tertiary/aromatic N) is 2. The van der Waals surface area contributed by atoms with E-state index in [9.17, 15) is 4.79 Å². The van der Waals surface area contributed by atoms with Gasteiger partial charge in [0, 0.05) is 19.0 Å². The molecule has 3 rings (SSSR count). The molecule has 0 fully saturated rings. The minimum Gasteiger partial charge on any atom is -0.496 e. The van der Waals surface area contributed by atoms with Crippen molar-refractivity contribution in [2.75, 3.05) is 19.5 Å². The minimum atomic E-state index is -0.500. The Labute approximate surface area is 187 Å². The Kier molecular flexibility index (Phi) is 8.02. The van der Waals surface area contributed by atoms with Gasteiger partial charge in [-0.2, -0.15) is 5.48 Å². The zero-order valence-corrected chi connectivity index (χ0v) is 18.3. The summed E-state index contributed by atoms with van der Waals surface area (Å²) in [4.78, 5) is 25.4. The molecule has 0 saturated carbocycles. The Balaban J connectivity index is 1.81. The topological polar surface area (TPSA) is 94.1 Å². The third-order valence-corrected chi connectivity index (χ3v) is 4.50. The van der Waals surface area contributed by atoms with Crippen LogP contribution in [-0.4, -0.2) is 31.1 Å². The second kappa shape index (κ2) is 11.4. The zero-order valence-electron chi connectivity index (χ0n) is 18.3. The summed E-state index contributed by atoms with van der Waals surface area (Å²) in [7, 11) is 3.17. The highest BCUT2D eigenvalue weighted by Crippen LogP contribution is 2.28. The predicted octanol–water partition coefficient (Wildman–Crippen LogP) is 3.73. The average Bonchev–Trinajstić information content (AvgIpc) is 2.81. The van der Waals surface area contributed by atoms with E-state index in [0.717, 1.165) is 16.8 Å².